The molecular formula is C16H22ClN3. The number of aromatic nitrogens is 2. The van der Waals surface area contributed by atoms with E-state index in [2.05, 4.69) is 47.8 Å². The number of nitrogens with one attached hydrogen (secondary N) is 1. The van der Waals surface area contributed by atoms with Crippen molar-refractivity contribution < 1.29 is 0 Å². The van der Waals surface area contributed by atoms with E-state index in [1.165, 1.54) is 5.56 Å². The van der Waals surface area contributed by atoms with Crippen LogP contribution in [0.2, 0.25) is 5.02 Å². The zero-order valence-corrected chi connectivity index (χ0v) is 13.1. The third kappa shape index (κ3) is 3.22. The number of benzene rings is 1. The minimum absolute atomic E-state index is 0.0367. The number of imidazole rings is 1. The lowest BCUT2D eigenvalue weighted by atomic mass is 10.0. The van der Waals surface area contributed by atoms with Gasteiger partial charge in [-0.3, -0.25) is 0 Å². The summed E-state index contributed by atoms with van der Waals surface area (Å²) < 4.78 is 2.20. The molecule has 1 unspecified atom stereocenters. The highest BCUT2D eigenvalue weighted by atomic mass is 35.5. The largest absolute Gasteiger partial charge is 0.333 e. The van der Waals surface area contributed by atoms with E-state index in [9.17, 15) is 0 Å². The Hall–Kier alpha value is -1.32. The molecule has 1 aromatic heterocycles. The van der Waals surface area contributed by atoms with E-state index >= 15 is 0 Å². The van der Waals surface area contributed by atoms with Crippen LogP contribution in [0.3, 0.4) is 0 Å². The van der Waals surface area contributed by atoms with Crippen molar-refractivity contribution in [3.8, 4) is 0 Å². The molecule has 1 atom stereocenters. The first kappa shape index (κ1) is 15.1. The Bertz CT molecular complexity index is 563. The number of halogens is 1. The van der Waals surface area contributed by atoms with Crippen LogP contribution in [0.1, 0.15) is 43.3 Å². The fourth-order valence-corrected chi connectivity index (χ4v) is 2.77. The second-order valence-corrected chi connectivity index (χ2v) is 5.40. The molecule has 3 nitrogen and oxygen atoms in total. The van der Waals surface area contributed by atoms with Crippen molar-refractivity contribution in [2.75, 3.05) is 6.54 Å². The van der Waals surface area contributed by atoms with Crippen LogP contribution in [-0.2, 0) is 6.54 Å². The van der Waals surface area contributed by atoms with Crippen molar-refractivity contribution in [3.05, 3.63) is 52.6 Å². The first-order valence-electron chi connectivity index (χ1n) is 7.17. The van der Waals surface area contributed by atoms with Crippen LogP contribution >= 0.6 is 11.6 Å². The molecule has 1 aromatic carbocycles. The number of hydrogen-bond donors (Lipinski definition) is 1. The molecule has 0 bridgehead atoms. The van der Waals surface area contributed by atoms with Gasteiger partial charge in [-0.1, -0.05) is 37.6 Å². The predicted molar refractivity (Wildman–Crippen MR) is 84.2 cm³/mol. The number of aryl methyl sites for hydroxylation is 2. The maximum atomic E-state index is 6.43. The van der Waals surface area contributed by atoms with Gasteiger partial charge in [-0.25, -0.2) is 4.98 Å². The van der Waals surface area contributed by atoms with Gasteiger partial charge in [-0.05, 0) is 37.1 Å². The molecule has 0 amide bonds. The number of hydrogen-bond acceptors (Lipinski definition) is 2. The number of nitrogens with zero attached hydrogens (tertiary/aromatic N) is 2. The van der Waals surface area contributed by atoms with Gasteiger partial charge < -0.3 is 9.88 Å². The Kier molecular flexibility index (Phi) is 5.21. The Labute approximate surface area is 126 Å². The normalized spacial score (nSPS) is 12.6. The fourth-order valence-electron chi connectivity index (χ4n) is 2.42. The molecule has 0 aliphatic heterocycles. The molecule has 0 saturated carbocycles. The summed E-state index contributed by atoms with van der Waals surface area (Å²) in [5.41, 5.74) is 2.26. The van der Waals surface area contributed by atoms with Gasteiger partial charge in [-0.2, -0.15) is 0 Å². The molecule has 0 saturated heterocycles. The Morgan fingerprint density at radius 3 is 2.80 bits per heavy atom. The molecule has 108 valence electrons. The molecule has 0 spiro atoms. The van der Waals surface area contributed by atoms with E-state index in [1.54, 1.807) is 0 Å². The maximum absolute atomic E-state index is 6.43. The van der Waals surface area contributed by atoms with Gasteiger partial charge >= 0.3 is 0 Å². The molecular weight excluding hydrogens is 270 g/mol. The van der Waals surface area contributed by atoms with E-state index < -0.39 is 0 Å². The van der Waals surface area contributed by atoms with Crippen LogP contribution in [0, 0.1) is 6.92 Å². The molecule has 1 N–H and O–H groups in total. The summed E-state index contributed by atoms with van der Waals surface area (Å²) in [5.74, 6) is 1.03. The lowest BCUT2D eigenvalue weighted by Gasteiger charge is -2.20. The van der Waals surface area contributed by atoms with Gasteiger partial charge in [0, 0.05) is 24.0 Å². The summed E-state index contributed by atoms with van der Waals surface area (Å²) in [6.45, 7) is 8.16. The Morgan fingerprint density at radius 2 is 2.15 bits per heavy atom. The van der Waals surface area contributed by atoms with E-state index in [1.807, 2.05) is 18.5 Å². The minimum Gasteiger partial charge on any atom is -0.333 e. The van der Waals surface area contributed by atoms with Crippen molar-refractivity contribution in [1.82, 2.24) is 14.9 Å². The highest BCUT2D eigenvalue weighted by Crippen LogP contribution is 2.28. The van der Waals surface area contributed by atoms with Gasteiger partial charge in [0.25, 0.3) is 0 Å². The first-order chi connectivity index (χ1) is 9.67. The van der Waals surface area contributed by atoms with Gasteiger partial charge in [0.2, 0.25) is 0 Å². The Balaban J connectivity index is 2.42. The lowest BCUT2D eigenvalue weighted by molar-refractivity contribution is 0.544. The monoisotopic (exact) mass is 291 g/mol. The van der Waals surface area contributed by atoms with Gasteiger partial charge in [-0.15, -0.1) is 0 Å². The molecule has 0 aliphatic rings. The second kappa shape index (κ2) is 6.91. The lowest BCUT2D eigenvalue weighted by Crippen LogP contribution is -2.25. The van der Waals surface area contributed by atoms with Crippen molar-refractivity contribution in [2.24, 2.45) is 0 Å². The van der Waals surface area contributed by atoms with Crippen LogP contribution in [0.15, 0.2) is 30.6 Å². The molecule has 0 fully saturated rings. The smallest absolute Gasteiger partial charge is 0.130 e. The van der Waals surface area contributed by atoms with Gasteiger partial charge in [0.1, 0.15) is 5.82 Å². The third-order valence-electron chi connectivity index (χ3n) is 3.35. The number of rotatable bonds is 6. The fraction of sp³-hybridized carbons (Fsp3) is 0.438. The quantitative estimate of drug-likeness (QED) is 0.873. The first-order valence-corrected chi connectivity index (χ1v) is 7.55. The highest BCUT2D eigenvalue weighted by molar-refractivity contribution is 6.31. The van der Waals surface area contributed by atoms with Crippen LogP contribution < -0.4 is 5.32 Å². The predicted octanol–water partition coefficient (Wildman–Crippen LogP) is 3.95. The summed E-state index contributed by atoms with van der Waals surface area (Å²) in [6, 6.07) is 6.23. The minimum atomic E-state index is 0.0367. The SMILES string of the molecule is CCCn1ccnc1C(NCC)c1ccc(C)cc1Cl. The summed E-state index contributed by atoms with van der Waals surface area (Å²) in [7, 11) is 0. The molecule has 20 heavy (non-hydrogen) atoms. The molecule has 0 aliphatic carbocycles. The van der Waals surface area contributed by atoms with Crippen molar-refractivity contribution in [3.63, 3.8) is 0 Å². The summed E-state index contributed by atoms with van der Waals surface area (Å²) in [6.07, 6.45) is 4.98. The van der Waals surface area contributed by atoms with Crippen LogP contribution in [0.4, 0.5) is 0 Å². The van der Waals surface area contributed by atoms with Gasteiger partial charge in [0.05, 0.1) is 6.04 Å². The molecule has 2 aromatic rings. The molecule has 0 radical (unpaired) electrons. The van der Waals surface area contributed by atoms with Gasteiger partial charge in [0.15, 0.2) is 0 Å². The van der Waals surface area contributed by atoms with E-state index in [-0.39, 0.29) is 6.04 Å². The van der Waals surface area contributed by atoms with Crippen LogP contribution in [0.25, 0.3) is 0 Å². The van der Waals surface area contributed by atoms with Crippen LogP contribution in [-0.4, -0.2) is 16.1 Å². The topological polar surface area (TPSA) is 29.9 Å². The van der Waals surface area contributed by atoms with Crippen molar-refractivity contribution in [1.29, 1.82) is 0 Å². The standard InChI is InChI=1S/C16H22ClN3/c1-4-9-20-10-8-19-16(20)15(18-5-2)13-7-6-12(3)11-14(13)17/h6-8,10-11,15,18H,4-5,9H2,1-3H3. The van der Waals surface area contributed by atoms with E-state index in [4.69, 9.17) is 11.6 Å². The summed E-state index contributed by atoms with van der Waals surface area (Å²) in [5, 5.41) is 4.29. The molecule has 4 heteroatoms. The average Bonchev–Trinajstić information content (AvgIpc) is 2.85. The Morgan fingerprint density at radius 1 is 1.35 bits per heavy atom. The summed E-state index contributed by atoms with van der Waals surface area (Å²) >= 11 is 6.43. The highest BCUT2D eigenvalue weighted by Gasteiger charge is 2.20. The van der Waals surface area contributed by atoms with E-state index in [0.717, 1.165) is 35.9 Å². The van der Waals surface area contributed by atoms with E-state index in [0.29, 0.717) is 0 Å². The molecule has 2 rings (SSSR count). The maximum Gasteiger partial charge on any atom is 0.130 e. The second-order valence-electron chi connectivity index (χ2n) is 4.99. The third-order valence-corrected chi connectivity index (χ3v) is 3.67. The molecule has 1 heterocycles. The zero-order valence-electron chi connectivity index (χ0n) is 12.4. The van der Waals surface area contributed by atoms with Crippen molar-refractivity contribution in [2.45, 2.75) is 39.8 Å². The summed E-state index contributed by atoms with van der Waals surface area (Å²) in [4.78, 5) is 4.54. The zero-order chi connectivity index (χ0) is 14.5. The van der Waals surface area contributed by atoms with Crippen LogP contribution in [0.5, 0.6) is 0 Å². The average molecular weight is 292 g/mol. The van der Waals surface area contributed by atoms with Crippen molar-refractivity contribution >= 4 is 11.6 Å².